The normalized spacial score (nSPS) is 12.4. The molecule has 2 heteroatoms. The van der Waals surface area contributed by atoms with E-state index < -0.39 is 0 Å². The lowest BCUT2D eigenvalue weighted by Crippen LogP contribution is -2.25. The lowest BCUT2D eigenvalue weighted by molar-refractivity contribution is 0.201. The summed E-state index contributed by atoms with van der Waals surface area (Å²) in [6.45, 7) is 12.4. The van der Waals surface area contributed by atoms with E-state index in [0.717, 1.165) is 13.0 Å². The van der Waals surface area contributed by atoms with Crippen molar-refractivity contribution in [2.45, 2.75) is 54.0 Å². The molecule has 0 N–H and O–H groups in total. The molecular weight excluding hydrogens is 184 g/mol. The molecule has 0 aliphatic rings. The molecule has 0 fully saturated rings. The molecule has 1 heterocycles. The van der Waals surface area contributed by atoms with Gasteiger partial charge in [0, 0.05) is 12.7 Å². The first-order valence-electron chi connectivity index (χ1n) is 5.97. The molecule has 0 amide bonds. The molecule has 2 nitrogen and oxygen atoms in total. The summed E-state index contributed by atoms with van der Waals surface area (Å²) >= 11 is 0. The van der Waals surface area contributed by atoms with E-state index in [2.05, 4.69) is 50.6 Å². The van der Waals surface area contributed by atoms with Gasteiger partial charge >= 0.3 is 0 Å². The van der Waals surface area contributed by atoms with E-state index in [-0.39, 0.29) is 0 Å². The zero-order valence-electron chi connectivity index (χ0n) is 10.7. The molecule has 1 aromatic rings. The molecular formula is C13H24N2. The van der Waals surface area contributed by atoms with Crippen LogP contribution in [0, 0.1) is 11.3 Å². The molecule has 1 rings (SSSR count). The highest BCUT2D eigenvalue weighted by atomic mass is 15.3. The van der Waals surface area contributed by atoms with Crippen molar-refractivity contribution in [1.29, 1.82) is 0 Å². The molecule has 0 spiro atoms. The highest BCUT2D eigenvalue weighted by Crippen LogP contribution is 2.27. The second-order valence-electron chi connectivity index (χ2n) is 5.44. The van der Waals surface area contributed by atoms with Crippen LogP contribution in [0.1, 0.15) is 46.6 Å². The molecule has 0 saturated carbocycles. The number of hydrogen-bond donors (Lipinski definition) is 0. The Labute approximate surface area is 93.7 Å². The molecule has 0 atom stereocenters. The number of rotatable bonds is 5. The molecule has 0 radical (unpaired) electrons. The van der Waals surface area contributed by atoms with Gasteiger partial charge in [-0.1, -0.05) is 41.0 Å². The Kier molecular flexibility index (Phi) is 3.95. The Morgan fingerprint density at radius 1 is 1.40 bits per heavy atom. The first-order valence-corrected chi connectivity index (χ1v) is 5.97. The average molecular weight is 208 g/mol. The number of aromatic nitrogens is 2. The zero-order chi connectivity index (χ0) is 11.5. The van der Waals surface area contributed by atoms with Gasteiger partial charge in [-0.05, 0) is 23.3 Å². The van der Waals surface area contributed by atoms with Gasteiger partial charge < -0.3 is 0 Å². The van der Waals surface area contributed by atoms with Crippen LogP contribution in [0.2, 0.25) is 0 Å². The fraction of sp³-hybridized carbons (Fsp3) is 0.769. The molecule has 0 aromatic carbocycles. The summed E-state index contributed by atoms with van der Waals surface area (Å²) in [7, 11) is 0. The highest BCUT2D eigenvalue weighted by Gasteiger charge is 2.23. The summed E-state index contributed by atoms with van der Waals surface area (Å²) in [6.07, 6.45) is 6.52. The van der Waals surface area contributed by atoms with Gasteiger partial charge in [0.1, 0.15) is 0 Å². The summed E-state index contributed by atoms with van der Waals surface area (Å²) in [5, 5.41) is 4.42. The summed E-state index contributed by atoms with van der Waals surface area (Å²) in [4.78, 5) is 0. The fourth-order valence-corrected chi connectivity index (χ4v) is 1.51. The first-order chi connectivity index (χ1) is 6.95. The van der Waals surface area contributed by atoms with Gasteiger partial charge in [-0.2, -0.15) is 5.10 Å². The summed E-state index contributed by atoms with van der Waals surface area (Å²) in [5.41, 5.74) is 1.67. The molecule has 0 bridgehead atoms. The summed E-state index contributed by atoms with van der Waals surface area (Å²) in [5.74, 6) is 0.677. The van der Waals surface area contributed by atoms with E-state index in [1.165, 1.54) is 12.0 Å². The highest BCUT2D eigenvalue weighted by molar-refractivity contribution is 5.03. The van der Waals surface area contributed by atoms with Crippen molar-refractivity contribution in [3.05, 3.63) is 18.0 Å². The van der Waals surface area contributed by atoms with E-state index in [1.807, 2.05) is 6.20 Å². The van der Waals surface area contributed by atoms with Crippen LogP contribution in [0.3, 0.4) is 0 Å². The van der Waals surface area contributed by atoms with E-state index in [9.17, 15) is 0 Å². The first kappa shape index (κ1) is 12.3. The van der Waals surface area contributed by atoms with Crippen molar-refractivity contribution in [1.82, 2.24) is 9.78 Å². The number of hydrogen-bond acceptors (Lipinski definition) is 1. The topological polar surface area (TPSA) is 17.8 Å². The lowest BCUT2D eigenvalue weighted by atomic mass is 9.81. The second kappa shape index (κ2) is 4.82. The molecule has 0 saturated heterocycles. The van der Waals surface area contributed by atoms with Crippen molar-refractivity contribution in [2.75, 3.05) is 0 Å². The summed E-state index contributed by atoms with van der Waals surface area (Å²) < 4.78 is 2.09. The van der Waals surface area contributed by atoms with Crippen molar-refractivity contribution >= 4 is 0 Å². The van der Waals surface area contributed by atoms with E-state index in [1.54, 1.807) is 0 Å². The molecule has 0 unspecified atom stereocenters. The van der Waals surface area contributed by atoms with Gasteiger partial charge in [0.15, 0.2) is 0 Å². The van der Waals surface area contributed by atoms with Gasteiger partial charge in [0.05, 0.1) is 6.20 Å². The minimum atomic E-state index is 0.315. The number of nitrogens with zero attached hydrogens (tertiary/aromatic N) is 2. The zero-order valence-corrected chi connectivity index (χ0v) is 10.7. The maximum Gasteiger partial charge on any atom is 0.0521 e. The van der Waals surface area contributed by atoms with Crippen LogP contribution in [0.15, 0.2) is 12.4 Å². The minimum Gasteiger partial charge on any atom is -0.272 e. The van der Waals surface area contributed by atoms with E-state index in [0.29, 0.717) is 11.3 Å². The maximum absolute atomic E-state index is 4.42. The van der Waals surface area contributed by atoms with Crippen LogP contribution in [0.25, 0.3) is 0 Å². The predicted molar refractivity (Wildman–Crippen MR) is 64.8 cm³/mol. The SMILES string of the molecule is CCCc1cnn(CC(C)(C)C(C)C)c1. The minimum absolute atomic E-state index is 0.315. The Balaban J connectivity index is 2.64. The third kappa shape index (κ3) is 3.37. The third-order valence-electron chi connectivity index (χ3n) is 3.36. The molecule has 0 aliphatic carbocycles. The number of aryl methyl sites for hydroxylation is 1. The summed E-state index contributed by atoms with van der Waals surface area (Å²) in [6, 6.07) is 0. The second-order valence-corrected chi connectivity index (χ2v) is 5.44. The van der Waals surface area contributed by atoms with Crippen LogP contribution < -0.4 is 0 Å². The molecule has 15 heavy (non-hydrogen) atoms. The van der Waals surface area contributed by atoms with Crippen molar-refractivity contribution in [3.8, 4) is 0 Å². The molecule has 0 aliphatic heterocycles. The van der Waals surface area contributed by atoms with Gasteiger partial charge in [-0.3, -0.25) is 4.68 Å². The fourth-order valence-electron chi connectivity index (χ4n) is 1.51. The van der Waals surface area contributed by atoms with Crippen molar-refractivity contribution < 1.29 is 0 Å². The Hall–Kier alpha value is -0.790. The molecule has 1 aromatic heterocycles. The van der Waals surface area contributed by atoms with Gasteiger partial charge in [0.2, 0.25) is 0 Å². The maximum atomic E-state index is 4.42. The van der Waals surface area contributed by atoms with Crippen LogP contribution in [0.4, 0.5) is 0 Å². The Morgan fingerprint density at radius 2 is 2.07 bits per heavy atom. The molecule has 86 valence electrons. The van der Waals surface area contributed by atoms with Gasteiger partial charge in [-0.15, -0.1) is 0 Å². The standard InChI is InChI=1S/C13H24N2/c1-6-7-12-8-14-15(9-12)10-13(4,5)11(2)3/h8-9,11H,6-7,10H2,1-5H3. The average Bonchev–Trinajstić information content (AvgIpc) is 2.52. The Morgan fingerprint density at radius 3 is 2.60 bits per heavy atom. The van der Waals surface area contributed by atoms with Crippen molar-refractivity contribution in [3.63, 3.8) is 0 Å². The monoisotopic (exact) mass is 208 g/mol. The van der Waals surface area contributed by atoms with E-state index in [4.69, 9.17) is 0 Å². The van der Waals surface area contributed by atoms with Crippen LogP contribution >= 0.6 is 0 Å². The van der Waals surface area contributed by atoms with Gasteiger partial charge in [0.25, 0.3) is 0 Å². The van der Waals surface area contributed by atoms with Crippen LogP contribution in [-0.4, -0.2) is 9.78 Å². The smallest absolute Gasteiger partial charge is 0.0521 e. The lowest BCUT2D eigenvalue weighted by Gasteiger charge is -2.28. The van der Waals surface area contributed by atoms with Crippen LogP contribution in [-0.2, 0) is 13.0 Å². The van der Waals surface area contributed by atoms with Crippen LogP contribution in [0.5, 0.6) is 0 Å². The quantitative estimate of drug-likeness (QED) is 0.724. The van der Waals surface area contributed by atoms with Gasteiger partial charge in [-0.25, -0.2) is 0 Å². The Bertz CT molecular complexity index is 297. The largest absolute Gasteiger partial charge is 0.272 e. The van der Waals surface area contributed by atoms with Crippen molar-refractivity contribution in [2.24, 2.45) is 11.3 Å². The third-order valence-corrected chi connectivity index (χ3v) is 3.36. The van der Waals surface area contributed by atoms with E-state index >= 15 is 0 Å². The predicted octanol–water partition coefficient (Wildman–Crippen LogP) is 3.52.